The van der Waals surface area contributed by atoms with Gasteiger partial charge in [0, 0.05) is 42.8 Å². The van der Waals surface area contributed by atoms with Crippen molar-refractivity contribution >= 4 is 39.9 Å². The van der Waals surface area contributed by atoms with Crippen LogP contribution < -0.4 is 0 Å². The van der Waals surface area contributed by atoms with Gasteiger partial charge in [-0.15, -0.1) is 0 Å². The fourth-order valence-electron chi connectivity index (χ4n) is 4.89. The van der Waals surface area contributed by atoms with Crippen LogP contribution in [-0.2, 0) is 14.3 Å². The maximum Gasteiger partial charge on any atom is 0.410 e. The molecule has 0 aromatic heterocycles. The third kappa shape index (κ3) is 5.47. The van der Waals surface area contributed by atoms with Gasteiger partial charge in [-0.3, -0.25) is 14.7 Å². The van der Waals surface area contributed by atoms with E-state index in [0.29, 0.717) is 51.4 Å². The minimum Gasteiger partial charge on any atom is -0.453 e. The molecule has 0 bridgehead atoms. The lowest BCUT2D eigenvalue weighted by Crippen LogP contribution is -2.52. The van der Waals surface area contributed by atoms with Crippen molar-refractivity contribution in [2.24, 2.45) is 10.9 Å². The number of benzene rings is 1. The minimum atomic E-state index is -0.879. The summed E-state index contributed by atoms with van der Waals surface area (Å²) in [4.78, 5) is 48.5. The van der Waals surface area contributed by atoms with E-state index < -0.39 is 11.1 Å². The zero-order valence-corrected chi connectivity index (χ0v) is 22.3. The van der Waals surface area contributed by atoms with Gasteiger partial charge in [-0.05, 0) is 58.1 Å². The number of amidine groups is 1. The molecule has 3 aliphatic heterocycles. The Labute approximate surface area is 214 Å². The molecule has 0 aliphatic carbocycles. The van der Waals surface area contributed by atoms with E-state index in [1.54, 1.807) is 14.7 Å². The third-order valence-corrected chi connectivity index (χ3v) is 7.25. The SMILES string of the molecule is COC(=O)N1CCC2(CC1)N=C(c1ccc(Br)cc1)N(C[C@@H]1CCN(C(=O)OC(C)(C)C)C1)C2=O. The molecule has 2 saturated heterocycles. The van der Waals surface area contributed by atoms with Gasteiger partial charge >= 0.3 is 12.2 Å². The van der Waals surface area contributed by atoms with Gasteiger partial charge in [-0.1, -0.05) is 28.1 Å². The maximum absolute atomic E-state index is 13.8. The standard InChI is InChI=1S/C25H33BrN4O5/c1-24(2,3)35-23(33)29-12-9-17(15-29)16-30-20(18-5-7-19(26)8-6-18)27-25(21(30)31)10-13-28(14-11-25)22(32)34-4/h5-8,17H,9-16H2,1-4H3/t17-/m1/s1. The first-order valence-electron chi connectivity index (χ1n) is 12.0. The molecule has 190 valence electrons. The summed E-state index contributed by atoms with van der Waals surface area (Å²) in [6.07, 6.45) is 0.992. The van der Waals surface area contributed by atoms with Crippen molar-refractivity contribution in [3.63, 3.8) is 0 Å². The van der Waals surface area contributed by atoms with E-state index in [-0.39, 0.29) is 24.0 Å². The fourth-order valence-corrected chi connectivity index (χ4v) is 5.16. The van der Waals surface area contributed by atoms with Gasteiger partial charge in [0.1, 0.15) is 17.0 Å². The first kappa shape index (κ1) is 25.5. The summed E-state index contributed by atoms with van der Waals surface area (Å²) in [6.45, 7) is 8.02. The second-order valence-electron chi connectivity index (χ2n) is 10.4. The van der Waals surface area contributed by atoms with Gasteiger partial charge in [-0.2, -0.15) is 0 Å². The van der Waals surface area contributed by atoms with Gasteiger partial charge in [0.2, 0.25) is 0 Å². The minimum absolute atomic E-state index is 0.0318. The third-order valence-electron chi connectivity index (χ3n) is 6.72. The van der Waals surface area contributed by atoms with Crippen molar-refractivity contribution in [3.8, 4) is 0 Å². The number of hydrogen-bond acceptors (Lipinski definition) is 6. The molecule has 1 spiro atoms. The molecule has 1 aromatic carbocycles. The molecule has 4 rings (SSSR count). The lowest BCUT2D eigenvalue weighted by molar-refractivity contribution is -0.133. The Morgan fingerprint density at radius 3 is 2.34 bits per heavy atom. The number of aliphatic imine (C=N–C) groups is 1. The van der Waals surface area contributed by atoms with E-state index in [0.717, 1.165) is 16.5 Å². The molecule has 9 nitrogen and oxygen atoms in total. The van der Waals surface area contributed by atoms with Crippen LogP contribution in [0.25, 0.3) is 0 Å². The summed E-state index contributed by atoms with van der Waals surface area (Å²) < 4.78 is 11.3. The summed E-state index contributed by atoms with van der Waals surface area (Å²) in [6, 6.07) is 7.78. The highest BCUT2D eigenvalue weighted by Gasteiger charge is 2.51. The van der Waals surface area contributed by atoms with E-state index in [2.05, 4.69) is 15.9 Å². The molecule has 1 aromatic rings. The first-order valence-corrected chi connectivity index (χ1v) is 12.8. The Morgan fingerprint density at radius 1 is 1.09 bits per heavy atom. The zero-order valence-electron chi connectivity index (χ0n) is 20.8. The fraction of sp³-hybridized carbons (Fsp3) is 0.600. The Morgan fingerprint density at radius 2 is 1.74 bits per heavy atom. The van der Waals surface area contributed by atoms with Crippen molar-refractivity contribution in [1.82, 2.24) is 14.7 Å². The van der Waals surface area contributed by atoms with Gasteiger partial charge in [0.15, 0.2) is 0 Å². The number of carbonyl (C=O) groups excluding carboxylic acids is 3. The van der Waals surface area contributed by atoms with Crippen molar-refractivity contribution in [2.75, 3.05) is 39.8 Å². The number of ether oxygens (including phenoxy) is 2. The smallest absolute Gasteiger partial charge is 0.410 e. The number of hydrogen-bond donors (Lipinski definition) is 0. The Hall–Kier alpha value is -2.62. The summed E-state index contributed by atoms with van der Waals surface area (Å²) >= 11 is 3.47. The van der Waals surface area contributed by atoms with Crippen LogP contribution in [0.3, 0.4) is 0 Å². The average molecular weight is 549 g/mol. The molecule has 3 aliphatic rings. The zero-order chi connectivity index (χ0) is 25.4. The van der Waals surface area contributed by atoms with E-state index in [9.17, 15) is 14.4 Å². The Balaban J connectivity index is 1.52. The first-order chi connectivity index (χ1) is 16.5. The van der Waals surface area contributed by atoms with Crippen molar-refractivity contribution in [2.45, 2.75) is 51.2 Å². The number of likely N-dealkylation sites (tertiary alicyclic amines) is 2. The molecule has 0 radical (unpaired) electrons. The number of amides is 3. The van der Waals surface area contributed by atoms with E-state index in [1.165, 1.54) is 7.11 Å². The van der Waals surface area contributed by atoms with Crippen LogP contribution in [0.2, 0.25) is 0 Å². The molecule has 0 saturated carbocycles. The van der Waals surface area contributed by atoms with E-state index in [1.807, 2.05) is 45.0 Å². The lowest BCUT2D eigenvalue weighted by Gasteiger charge is -2.35. The number of piperidine rings is 1. The molecule has 35 heavy (non-hydrogen) atoms. The largest absolute Gasteiger partial charge is 0.453 e. The van der Waals surface area contributed by atoms with Crippen LogP contribution in [0.1, 0.15) is 45.6 Å². The average Bonchev–Trinajstić information content (AvgIpc) is 3.38. The lowest BCUT2D eigenvalue weighted by atomic mass is 9.87. The molecule has 3 amide bonds. The monoisotopic (exact) mass is 548 g/mol. The quantitative estimate of drug-likeness (QED) is 0.571. The van der Waals surface area contributed by atoms with E-state index >= 15 is 0 Å². The molecule has 10 heteroatoms. The van der Waals surface area contributed by atoms with Crippen LogP contribution >= 0.6 is 15.9 Å². The van der Waals surface area contributed by atoms with Gasteiger partial charge in [0.25, 0.3) is 5.91 Å². The molecule has 0 N–H and O–H groups in total. The second-order valence-corrected chi connectivity index (χ2v) is 11.3. The highest BCUT2D eigenvalue weighted by Crippen LogP contribution is 2.36. The molecule has 1 atom stereocenters. The van der Waals surface area contributed by atoms with Crippen molar-refractivity contribution in [3.05, 3.63) is 34.3 Å². The maximum atomic E-state index is 13.8. The van der Waals surface area contributed by atoms with Gasteiger partial charge < -0.3 is 19.3 Å². The Kier molecular flexibility index (Phi) is 7.13. The number of halogens is 1. The highest BCUT2D eigenvalue weighted by atomic mass is 79.9. The van der Waals surface area contributed by atoms with Crippen molar-refractivity contribution < 1.29 is 23.9 Å². The van der Waals surface area contributed by atoms with Crippen LogP contribution in [0, 0.1) is 5.92 Å². The van der Waals surface area contributed by atoms with Crippen LogP contribution in [0.5, 0.6) is 0 Å². The Bertz CT molecular complexity index is 1010. The summed E-state index contributed by atoms with van der Waals surface area (Å²) in [5.41, 5.74) is -0.556. The summed E-state index contributed by atoms with van der Waals surface area (Å²) in [5, 5.41) is 0. The predicted molar refractivity (Wildman–Crippen MR) is 134 cm³/mol. The topological polar surface area (TPSA) is 91.8 Å². The summed E-state index contributed by atoms with van der Waals surface area (Å²) in [7, 11) is 1.36. The van der Waals surface area contributed by atoms with Crippen LogP contribution in [-0.4, -0.2) is 89.6 Å². The normalized spacial score (nSPS) is 22.0. The molecule has 2 fully saturated rings. The second kappa shape index (κ2) is 9.79. The van der Waals surface area contributed by atoms with Gasteiger partial charge in [-0.25, -0.2) is 9.59 Å². The highest BCUT2D eigenvalue weighted by molar-refractivity contribution is 9.10. The van der Waals surface area contributed by atoms with E-state index in [4.69, 9.17) is 14.5 Å². The van der Waals surface area contributed by atoms with Crippen molar-refractivity contribution in [1.29, 1.82) is 0 Å². The molecule has 3 heterocycles. The number of carbonyl (C=O) groups is 3. The number of methoxy groups -OCH3 is 1. The van der Waals surface area contributed by atoms with Crippen LogP contribution in [0.4, 0.5) is 9.59 Å². The molecule has 0 unspecified atom stereocenters. The van der Waals surface area contributed by atoms with Crippen LogP contribution in [0.15, 0.2) is 33.7 Å². The molecular weight excluding hydrogens is 516 g/mol. The predicted octanol–water partition coefficient (Wildman–Crippen LogP) is 3.90. The molecular formula is C25H33BrN4O5. The number of nitrogens with zero attached hydrogens (tertiary/aromatic N) is 4. The van der Waals surface area contributed by atoms with Gasteiger partial charge in [0.05, 0.1) is 7.11 Å². The summed E-state index contributed by atoms with van der Waals surface area (Å²) in [5.74, 6) is 0.748. The number of rotatable bonds is 3.